The van der Waals surface area contributed by atoms with Gasteiger partial charge in [0.25, 0.3) is 11.8 Å². The van der Waals surface area contributed by atoms with Crippen LogP contribution in [0.5, 0.6) is 5.75 Å². The highest BCUT2D eigenvalue weighted by Crippen LogP contribution is 2.39. The third kappa shape index (κ3) is 5.38. The fourth-order valence-corrected chi connectivity index (χ4v) is 4.98. The van der Waals surface area contributed by atoms with Crippen LogP contribution in [0.25, 0.3) is 10.9 Å². The van der Waals surface area contributed by atoms with Crippen molar-refractivity contribution in [3.63, 3.8) is 0 Å². The molecule has 3 heterocycles. The highest BCUT2D eigenvalue weighted by Gasteiger charge is 2.27. The predicted molar refractivity (Wildman–Crippen MR) is 149 cm³/mol. The summed E-state index contributed by atoms with van der Waals surface area (Å²) >= 11 is 0. The molecule has 10 nitrogen and oxygen atoms in total. The summed E-state index contributed by atoms with van der Waals surface area (Å²) in [6.07, 6.45) is 4.00. The molecule has 40 heavy (non-hydrogen) atoms. The molecule has 0 unspecified atom stereocenters. The van der Waals surface area contributed by atoms with Gasteiger partial charge in [-0.3, -0.25) is 19.1 Å². The number of piperazine rings is 1. The number of amides is 3. The Bertz CT molecular complexity index is 1570. The summed E-state index contributed by atoms with van der Waals surface area (Å²) in [6, 6.07) is 18.2. The van der Waals surface area contributed by atoms with Crippen LogP contribution in [0.4, 0.5) is 5.69 Å². The topological polar surface area (TPSA) is 110 Å². The maximum Gasteiger partial charge on any atom is 0.274 e. The molecule has 0 spiro atoms. The second kappa shape index (κ2) is 10.8. The number of aromatic nitrogens is 3. The zero-order valence-corrected chi connectivity index (χ0v) is 22.2. The van der Waals surface area contributed by atoms with Crippen molar-refractivity contribution < 1.29 is 19.1 Å². The molecular formula is C30H30N6O4. The number of hydrogen-bond acceptors (Lipinski definition) is 6. The lowest BCUT2D eigenvalue weighted by molar-refractivity contribution is -0.133. The van der Waals surface area contributed by atoms with Crippen LogP contribution in [-0.2, 0) is 11.3 Å². The Balaban J connectivity index is 1.11. The average molecular weight is 539 g/mol. The Kier molecular flexibility index (Phi) is 6.90. The maximum atomic E-state index is 13.0. The fourth-order valence-electron chi connectivity index (χ4n) is 4.98. The first-order chi connectivity index (χ1) is 19.5. The van der Waals surface area contributed by atoms with Crippen molar-refractivity contribution in [2.75, 3.05) is 38.6 Å². The van der Waals surface area contributed by atoms with Crippen LogP contribution in [0, 0.1) is 0 Å². The zero-order chi connectivity index (χ0) is 27.6. The molecular weight excluding hydrogens is 508 g/mol. The lowest BCUT2D eigenvalue weighted by Gasteiger charge is -2.34. The van der Waals surface area contributed by atoms with E-state index in [4.69, 9.17) is 4.74 Å². The largest absolute Gasteiger partial charge is 0.494 e. The monoisotopic (exact) mass is 538 g/mol. The summed E-state index contributed by atoms with van der Waals surface area (Å²) in [5.41, 5.74) is 3.11. The van der Waals surface area contributed by atoms with E-state index in [2.05, 4.69) is 15.4 Å². The Morgan fingerprint density at radius 3 is 2.42 bits per heavy atom. The number of benzene rings is 2. The van der Waals surface area contributed by atoms with Gasteiger partial charge >= 0.3 is 0 Å². The minimum Gasteiger partial charge on any atom is -0.494 e. The Labute approximate surface area is 231 Å². The molecule has 1 saturated heterocycles. The summed E-state index contributed by atoms with van der Waals surface area (Å²) in [5.74, 6) is 0.520. The van der Waals surface area contributed by atoms with E-state index in [1.807, 2.05) is 30.3 Å². The van der Waals surface area contributed by atoms with Crippen LogP contribution in [0.2, 0.25) is 0 Å². The molecule has 1 N–H and O–H groups in total. The minimum absolute atomic E-state index is 0.0192. The Hall–Kier alpha value is -4.73. The molecule has 10 heteroatoms. The van der Waals surface area contributed by atoms with Crippen molar-refractivity contribution in [3.05, 3.63) is 83.8 Å². The maximum absolute atomic E-state index is 13.0. The molecule has 0 atom stereocenters. The van der Waals surface area contributed by atoms with Gasteiger partial charge in [0.05, 0.1) is 18.3 Å². The number of carbonyl (C=O) groups excluding carboxylic acids is 3. The van der Waals surface area contributed by atoms with Crippen LogP contribution in [0.1, 0.15) is 45.3 Å². The normalized spacial score (nSPS) is 15.2. The number of fused-ring (bicyclic) bond motifs is 1. The SMILES string of the molecule is COc1cc2nn(CC(=O)N3CCN(C(=O)c4ccccc4)CC3)cc2cc1NC(=O)c1cccc(C2CC2)n1. The molecule has 1 aliphatic carbocycles. The molecule has 0 bridgehead atoms. The second-order valence-corrected chi connectivity index (χ2v) is 10.2. The number of nitrogens with one attached hydrogen (secondary N) is 1. The van der Waals surface area contributed by atoms with Crippen molar-refractivity contribution in [2.45, 2.75) is 25.3 Å². The highest BCUT2D eigenvalue weighted by atomic mass is 16.5. The van der Waals surface area contributed by atoms with Gasteiger partial charge in [0.15, 0.2) is 0 Å². The third-order valence-corrected chi connectivity index (χ3v) is 7.36. The first-order valence-electron chi connectivity index (χ1n) is 13.4. The fraction of sp³-hybridized carbons (Fsp3) is 0.300. The van der Waals surface area contributed by atoms with Gasteiger partial charge in [-0.1, -0.05) is 24.3 Å². The summed E-state index contributed by atoms with van der Waals surface area (Å²) in [5, 5.41) is 8.23. The van der Waals surface area contributed by atoms with E-state index < -0.39 is 0 Å². The highest BCUT2D eigenvalue weighted by molar-refractivity contribution is 6.05. The van der Waals surface area contributed by atoms with Crippen LogP contribution in [0.3, 0.4) is 0 Å². The van der Waals surface area contributed by atoms with E-state index in [0.29, 0.717) is 60.3 Å². The summed E-state index contributed by atoms with van der Waals surface area (Å²) < 4.78 is 7.11. The molecule has 1 saturated carbocycles. The number of ether oxygens (including phenoxy) is 1. The Morgan fingerprint density at radius 2 is 1.70 bits per heavy atom. The van der Waals surface area contributed by atoms with Gasteiger partial charge in [0.2, 0.25) is 5.91 Å². The minimum atomic E-state index is -0.312. The van der Waals surface area contributed by atoms with Crippen molar-refractivity contribution in [3.8, 4) is 5.75 Å². The van der Waals surface area contributed by atoms with E-state index in [0.717, 1.165) is 23.9 Å². The van der Waals surface area contributed by atoms with Gasteiger partial charge in [0, 0.05) is 61.0 Å². The predicted octanol–water partition coefficient (Wildman–Crippen LogP) is 3.55. The van der Waals surface area contributed by atoms with Crippen molar-refractivity contribution in [2.24, 2.45) is 0 Å². The molecule has 1 aliphatic heterocycles. The second-order valence-electron chi connectivity index (χ2n) is 10.2. The summed E-state index contributed by atoms with van der Waals surface area (Å²) in [4.78, 5) is 46.8. The van der Waals surface area contributed by atoms with E-state index in [1.54, 1.807) is 51.0 Å². The molecule has 3 amide bonds. The lowest BCUT2D eigenvalue weighted by Crippen LogP contribution is -2.51. The molecule has 2 aromatic heterocycles. The van der Waals surface area contributed by atoms with Gasteiger partial charge < -0.3 is 19.9 Å². The number of anilines is 1. The van der Waals surface area contributed by atoms with Gasteiger partial charge in [-0.2, -0.15) is 5.10 Å². The van der Waals surface area contributed by atoms with Crippen molar-refractivity contribution in [1.82, 2.24) is 24.6 Å². The zero-order valence-electron chi connectivity index (χ0n) is 22.2. The summed E-state index contributed by atoms with van der Waals surface area (Å²) in [7, 11) is 1.53. The lowest BCUT2D eigenvalue weighted by atomic mass is 10.2. The Morgan fingerprint density at radius 1 is 0.950 bits per heavy atom. The van der Waals surface area contributed by atoms with Crippen LogP contribution in [0.15, 0.2) is 66.9 Å². The molecule has 2 aliphatic rings. The van der Waals surface area contributed by atoms with Gasteiger partial charge in [-0.05, 0) is 43.2 Å². The number of nitrogens with zero attached hydrogens (tertiary/aromatic N) is 5. The van der Waals surface area contributed by atoms with E-state index in [9.17, 15) is 14.4 Å². The quantitative estimate of drug-likeness (QED) is 0.385. The molecule has 2 aromatic carbocycles. The van der Waals surface area contributed by atoms with Crippen LogP contribution >= 0.6 is 0 Å². The van der Waals surface area contributed by atoms with Crippen LogP contribution in [-0.4, -0.2) is 75.6 Å². The smallest absolute Gasteiger partial charge is 0.274 e. The van der Waals surface area contributed by atoms with Crippen LogP contribution < -0.4 is 10.1 Å². The molecule has 2 fully saturated rings. The third-order valence-electron chi connectivity index (χ3n) is 7.36. The molecule has 0 radical (unpaired) electrons. The summed E-state index contributed by atoms with van der Waals surface area (Å²) in [6.45, 7) is 1.98. The van der Waals surface area contributed by atoms with Crippen molar-refractivity contribution in [1.29, 1.82) is 0 Å². The standard InChI is InChI=1S/C30H30N6O4/c1-40-27-17-25-22(16-26(27)32-29(38)24-9-5-8-23(31-24)20-10-11-20)18-36(33-25)19-28(37)34-12-14-35(15-13-34)30(39)21-6-3-2-4-7-21/h2-9,16-18,20H,10-15,19H2,1H3,(H,32,38). The van der Waals surface area contributed by atoms with E-state index in [-0.39, 0.29) is 24.3 Å². The number of methoxy groups -OCH3 is 1. The number of hydrogen-bond donors (Lipinski definition) is 1. The number of pyridine rings is 1. The number of carbonyl (C=O) groups is 3. The first kappa shape index (κ1) is 25.5. The number of rotatable bonds is 7. The van der Waals surface area contributed by atoms with Crippen molar-refractivity contribution >= 4 is 34.3 Å². The van der Waals surface area contributed by atoms with Gasteiger partial charge in [-0.15, -0.1) is 0 Å². The molecule has 6 rings (SSSR count). The van der Waals surface area contributed by atoms with Gasteiger partial charge in [0.1, 0.15) is 18.0 Å². The van der Waals surface area contributed by atoms with E-state index in [1.165, 1.54) is 7.11 Å². The molecule has 204 valence electrons. The first-order valence-corrected chi connectivity index (χ1v) is 13.4. The van der Waals surface area contributed by atoms with Gasteiger partial charge in [-0.25, -0.2) is 4.98 Å². The average Bonchev–Trinajstić information content (AvgIpc) is 3.77. The molecule has 4 aromatic rings. The van der Waals surface area contributed by atoms with E-state index >= 15 is 0 Å².